The molecule has 3 rings (SSSR count). The van der Waals surface area contributed by atoms with Gasteiger partial charge < -0.3 is 20.1 Å². The Balaban J connectivity index is 1.61. The molecular weight excluding hydrogens is 364 g/mol. The zero-order valence-electron chi connectivity index (χ0n) is 15.7. The number of hydrogen-bond acceptors (Lipinski definition) is 6. The first kappa shape index (κ1) is 19.6. The van der Waals surface area contributed by atoms with E-state index in [0.29, 0.717) is 24.3 Å². The van der Waals surface area contributed by atoms with Crippen molar-refractivity contribution >= 4 is 17.8 Å². The van der Waals surface area contributed by atoms with Gasteiger partial charge in [0.1, 0.15) is 23.9 Å². The van der Waals surface area contributed by atoms with Gasteiger partial charge in [0.25, 0.3) is 5.91 Å². The number of benzene rings is 1. The number of amides is 4. The highest BCUT2D eigenvalue weighted by Crippen LogP contribution is 2.20. The molecule has 2 atom stereocenters. The molecule has 0 bridgehead atoms. The van der Waals surface area contributed by atoms with E-state index < -0.39 is 29.4 Å². The molecule has 4 amide bonds. The van der Waals surface area contributed by atoms with E-state index in [1.807, 2.05) is 6.07 Å². The summed E-state index contributed by atoms with van der Waals surface area (Å²) in [7, 11) is 0. The number of carbonyl (C=O) groups excluding carboxylic acids is 3. The van der Waals surface area contributed by atoms with Crippen LogP contribution >= 0.6 is 0 Å². The Bertz CT molecular complexity index is 815. The van der Waals surface area contributed by atoms with Crippen LogP contribution in [-0.4, -0.2) is 60.2 Å². The fraction of sp³-hybridized carbons (Fsp3) is 0.474. The maximum Gasteiger partial charge on any atom is 0.325 e. The maximum absolute atomic E-state index is 12.4. The molecule has 2 N–H and O–H groups in total. The summed E-state index contributed by atoms with van der Waals surface area (Å²) in [4.78, 5) is 37.5. The highest BCUT2D eigenvalue weighted by atomic mass is 16.5. The van der Waals surface area contributed by atoms with Crippen LogP contribution in [0.25, 0.3) is 0 Å². The molecule has 2 heterocycles. The predicted molar refractivity (Wildman–Crippen MR) is 97.3 cm³/mol. The molecule has 2 aliphatic heterocycles. The SMILES string of the molecule is CC1(C)NC(=O)N(CC(=O)N[C@@H]2COCC[C@H]2Oc2ccc(C#N)cc2)C1=O. The fourth-order valence-corrected chi connectivity index (χ4v) is 3.13. The van der Waals surface area contributed by atoms with E-state index in [0.717, 1.165) is 4.90 Å². The molecule has 2 fully saturated rings. The van der Waals surface area contributed by atoms with E-state index in [-0.39, 0.29) is 19.3 Å². The van der Waals surface area contributed by atoms with Gasteiger partial charge in [-0.1, -0.05) is 0 Å². The van der Waals surface area contributed by atoms with Crippen molar-refractivity contribution in [2.75, 3.05) is 19.8 Å². The fourth-order valence-electron chi connectivity index (χ4n) is 3.13. The normalized spacial score (nSPS) is 23.7. The van der Waals surface area contributed by atoms with Crippen molar-refractivity contribution in [1.29, 1.82) is 5.26 Å². The molecule has 0 saturated carbocycles. The monoisotopic (exact) mass is 386 g/mol. The Labute approximate surface area is 162 Å². The average molecular weight is 386 g/mol. The summed E-state index contributed by atoms with van der Waals surface area (Å²) in [6, 6.07) is 7.73. The molecule has 0 unspecified atom stereocenters. The topological polar surface area (TPSA) is 121 Å². The highest BCUT2D eigenvalue weighted by Gasteiger charge is 2.45. The number of nitrogens with one attached hydrogen (secondary N) is 2. The minimum Gasteiger partial charge on any atom is -0.488 e. The van der Waals surface area contributed by atoms with Gasteiger partial charge in [0.2, 0.25) is 5.91 Å². The Hall–Kier alpha value is -3.12. The van der Waals surface area contributed by atoms with Crippen LogP contribution in [-0.2, 0) is 14.3 Å². The third kappa shape index (κ3) is 4.23. The first-order valence-electron chi connectivity index (χ1n) is 8.98. The number of nitriles is 1. The van der Waals surface area contributed by atoms with Crippen molar-refractivity contribution in [1.82, 2.24) is 15.5 Å². The Morgan fingerprint density at radius 3 is 2.71 bits per heavy atom. The van der Waals surface area contributed by atoms with E-state index in [1.54, 1.807) is 38.1 Å². The predicted octanol–water partition coefficient (Wildman–Crippen LogP) is 0.541. The van der Waals surface area contributed by atoms with Crippen molar-refractivity contribution in [3.63, 3.8) is 0 Å². The van der Waals surface area contributed by atoms with Gasteiger partial charge in [0, 0.05) is 6.42 Å². The zero-order valence-corrected chi connectivity index (χ0v) is 15.7. The standard InChI is InChI=1S/C19H22N4O5/c1-19(2)17(25)23(18(26)22-19)10-16(24)21-14-11-27-8-7-15(14)28-13-5-3-12(9-20)4-6-13/h3-6,14-15H,7-8,10-11H2,1-2H3,(H,21,24)(H,22,26)/t14-,15-/m1/s1. The van der Waals surface area contributed by atoms with Crippen LogP contribution in [0.1, 0.15) is 25.8 Å². The quantitative estimate of drug-likeness (QED) is 0.713. The van der Waals surface area contributed by atoms with Crippen LogP contribution in [0.5, 0.6) is 5.75 Å². The van der Waals surface area contributed by atoms with Crippen LogP contribution in [0.4, 0.5) is 4.79 Å². The molecule has 0 spiro atoms. The molecule has 148 valence electrons. The number of nitrogens with zero attached hydrogens (tertiary/aromatic N) is 2. The van der Waals surface area contributed by atoms with Crippen molar-refractivity contribution in [2.24, 2.45) is 0 Å². The summed E-state index contributed by atoms with van der Waals surface area (Å²) in [6.45, 7) is 3.56. The van der Waals surface area contributed by atoms with Gasteiger partial charge >= 0.3 is 6.03 Å². The molecular formula is C19H22N4O5. The third-order valence-electron chi connectivity index (χ3n) is 4.66. The number of carbonyl (C=O) groups is 3. The largest absolute Gasteiger partial charge is 0.488 e. The smallest absolute Gasteiger partial charge is 0.325 e. The minimum absolute atomic E-state index is 0.262. The van der Waals surface area contributed by atoms with Crippen LogP contribution < -0.4 is 15.4 Å². The lowest BCUT2D eigenvalue weighted by Crippen LogP contribution is -2.54. The summed E-state index contributed by atoms with van der Waals surface area (Å²) < 4.78 is 11.4. The van der Waals surface area contributed by atoms with Gasteiger partial charge in [0.15, 0.2) is 0 Å². The number of ether oxygens (including phenoxy) is 2. The zero-order chi connectivity index (χ0) is 20.3. The number of urea groups is 1. The van der Waals surface area contributed by atoms with Crippen LogP contribution in [0, 0.1) is 11.3 Å². The second-order valence-corrected chi connectivity index (χ2v) is 7.28. The molecule has 2 saturated heterocycles. The second kappa shape index (κ2) is 7.86. The van der Waals surface area contributed by atoms with Crippen LogP contribution in [0.2, 0.25) is 0 Å². The summed E-state index contributed by atoms with van der Waals surface area (Å²) in [5, 5.41) is 14.2. The van der Waals surface area contributed by atoms with Gasteiger partial charge in [-0.05, 0) is 38.1 Å². The molecule has 9 heteroatoms. The Kier molecular flexibility index (Phi) is 5.51. The number of rotatable bonds is 5. The van der Waals surface area contributed by atoms with Crippen molar-refractivity contribution in [3.8, 4) is 11.8 Å². The molecule has 0 radical (unpaired) electrons. The Morgan fingerprint density at radius 1 is 1.39 bits per heavy atom. The third-order valence-corrected chi connectivity index (χ3v) is 4.66. The first-order chi connectivity index (χ1) is 13.3. The van der Waals surface area contributed by atoms with Gasteiger partial charge in [-0.2, -0.15) is 5.26 Å². The lowest BCUT2D eigenvalue weighted by molar-refractivity contribution is -0.135. The van der Waals surface area contributed by atoms with Crippen molar-refractivity contribution < 1.29 is 23.9 Å². The molecule has 0 aromatic heterocycles. The summed E-state index contributed by atoms with van der Waals surface area (Å²) in [5.74, 6) is -0.330. The Morgan fingerprint density at radius 2 is 2.11 bits per heavy atom. The maximum atomic E-state index is 12.4. The highest BCUT2D eigenvalue weighted by molar-refractivity contribution is 6.08. The summed E-state index contributed by atoms with van der Waals surface area (Å²) >= 11 is 0. The molecule has 0 aliphatic carbocycles. The van der Waals surface area contributed by atoms with E-state index >= 15 is 0 Å². The van der Waals surface area contributed by atoms with E-state index in [9.17, 15) is 14.4 Å². The van der Waals surface area contributed by atoms with E-state index in [4.69, 9.17) is 14.7 Å². The molecule has 28 heavy (non-hydrogen) atoms. The van der Waals surface area contributed by atoms with Gasteiger partial charge in [0.05, 0.1) is 30.9 Å². The molecule has 9 nitrogen and oxygen atoms in total. The van der Waals surface area contributed by atoms with Crippen LogP contribution in [0.3, 0.4) is 0 Å². The van der Waals surface area contributed by atoms with Crippen molar-refractivity contribution in [2.45, 2.75) is 38.0 Å². The number of hydrogen-bond donors (Lipinski definition) is 2. The average Bonchev–Trinajstić information content (AvgIpc) is 2.85. The van der Waals surface area contributed by atoms with Gasteiger partial charge in [-0.3, -0.25) is 14.5 Å². The summed E-state index contributed by atoms with van der Waals surface area (Å²) in [5.41, 5.74) is -0.493. The van der Waals surface area contributed by atoms with Crippen molar-refractivity contribution in [3.05, 3.63) is 29.8 Å². The van der Waals surface area contributed by atoms with E-state index in [2.05, 4.69) is 10.6 Å². The molecule has 2 aliphatic rings. The van der Waals surface area contributed by atoms with E-state index in [1.165, 1.54) is 0 Å². The van der Waals surface area contributed by atoms with Crippen LogP contribution in [0.15, 0.2) is 24.3 Å². The lowest BCUT2D eigenvalue weighted by atomic mass is 10.1. The molecule has 1 aromatic carbocycles. The molecule has 1 aromatic rings. The first-order valence-corrected chi connectivity index (χ1v) is 8.98. The minimum atomic E-state index is -1.02. The summed E-state index contributed by atoms with van der Waals surface area (Å²) in [6.07, 6.45) is 0.242. The second-order valence-electron chi connectivity index (χ2n) is 7.28. The van der Waals surface area contributed by atoms with Gasteiger partial charge in [-0.15, -0.1) is 0 Å². The number of imide groups is 1. The lowest BCUT2D eigenvalue weighted by Gasteiger charge is -2.32. The van der Waals surface area contributed by atoms with Gasteiger partial charge in [-0.25, -0.2) is 4.79 Å².